The van der Waals surface area contributed by atoms with Crippen molar-refractivity contribution in [3.63, 3.8) is 0 Å². The quantitative estimate of drug-likeness (QED) is 0.474. The summed E-state index contributed by atoms with van der Waals surface area (Å²) >= 11 is 3.22. The van der Waals surface area contributed by atoms with E-state index in [9.17, 15) is 4.79 Å². The summed E-state index contributed by atoms with van der Waals surface area (Å²) in [4.78, 5) is 16.3. The van der Waals surface area contributed by atoms with Gasteiger partial charge in [0.15, 0.2) is 5.16 Å². The van der Waals surface area contributed by atoms with Gasteiger partial charge in [-0.25, -0.2) is 0 Å². The van der Waals surface area contributed by atoms with Crippen molar-refractivity contribution in [3.05, 3.63) is 58.5 Å². The summed E-state index contributed by atoms with van der Waals surface area (Å²) in [7, 11) is 1.96. The fourth-order valence-corrected chi connectivity index (χ4v) is 5.73. The van der Waals surface area contributed by atoms with Crippen LogP contribution in [0.25, 0.3) is 5.69 Å². The lowest BCUT2D eigenvalue weighted by atomic mass is 9.94. The second-order valence-electron chi connectivity index (χ2n) is 7.83. The number of hydrogen-bond donors (Lipinski definition) is 0. The number of hydrogen-bond acceptors (Lipinski definition) is 5. The van der Waals surface area contributed by atoms with E-state index in [-0.39, 0.29) is 11.2 Å². The first-order valence-electron chi connectivity index (χ1n) is 10.6. The molecule has 1 unspecified atom stereocenters. The maximum atomic E-state index is 13.1. The molecule has 1 atom stereocenters. The summed E-state index contributed by atoms with van der Waals surface area (Å²) in [5, 5.41) is 11.6. The maximum absolute atomic E-state index is 13.1. The highest BCUT2D eigenvalue weighted by atomic mass is 32.2. The first-order valence-corrected chi connectivity index (χ1v) is 12.3. The highest BCUT2D eigenvalue weighted by Crippen LogP contribution is 2.29. The molecule has 1 aliphatic carbocycles. The lowest BCUT2D eigenvalue weighted by Crippen LogP contribution is -2.42. The van der Waals surface area contributed by atoms with Crippen LogP contribution in [0.3, 0.4) is 0 Å². The molecule has 4 rings (SSSR count). The maximum Gasteiger partial charge on any atom is 0.235 e. The topological polar surface area (TPSA) is 51.0 Å². The molecule has 1 fully saturated rings. The fourth-order valence-electron chi connectivity index (χ4n) is 4.04. The van der Waals surface area contributed by atoms with Gasteiger partial charge in [0.05, 0.1) is 5.25 Å². The zero-order valence-corrected chi connectivity index (χ0v) is 19.2. The van der Waals surface area contributed by atoms with E-state index in [1.165, 1.54) is 35.9 Å². The minimum atomic E-state index is -0.210. The molecule has 0 saturated heterocycles. The molecule has 7 heteroatoms. The average molecular weight is 441 g/mol. The van der Waals surface area contributed by atoms with E-state index in [0.717, 1.165) is 35.9 Å². The van der Waals surface area contributed by atoms with Crippen LogP contribution in [-0.4, -0.2) is 43.9 Å². The molecule has 1 saturated carbocycles. The standard InChI is InChI=1S/C23H28N4OS2/c1-17(22(28)26(2)18-10-5-3-6-11-18)30-23-25-24-21(16-20-14-9-15-29-20)27(23)19-12-7-4-8-13-19/h4,7-9,12-15,17-18H,3,5-6,10-11,16H2,1-2H3. The van der Waals surface area contributed by atoms with Crippen LogP contribution in [0.4, 0.5) is 0 Å². The molecular weight excluding hydrogens is 412 g/mol. The monoisotopic (exact) mass is 440 g/mol. The Balaban J connectivity index is 1.55. The molecule has 1 aliphatic rings. The minimum Gasteiger partial charge on any atom is -0.342 e. The first-order chi connectivity index (χ1) is 14.6. The smallest absolute Gasteiger partial charge is 0.235 e. The lowest BCUT2D eigenvalue weighted by Gasteiger charge is -2.32. The zero-order valence-electron chi connectivity index (χ0n) is 17.5. The Morgan fingerprint density at radius 2 is 1.93 bits per heavy atom. The molecule has 0 aliphatic heterocycles. The second-order valence-corrected chi connectivity index (χ2v) is 10.2. The predicted octanol–water partition coefficient (Wildman–Crippen LogP) is 5.19. The number of thiophene rings is 1. The molecule has 3 aromatic rings. The zero-order chi connectivity index (χ0) is 20.9. The van der Waals surface area contributed by atoms with E-state index >= 15 is 0 Å². The van der Waals surface area contributed by atoms with Gasteiger partial charge in [0.2, 0.25) is 5.91 Å². The van der Waals surface area contributed by atoms with Crippen LogP contribution in [-0.2, 0) is 11.2 Å². The van der Waals surface area contributed by atoms with Gasteiger partial charge < -0.3 is 4.90 Å². The van der Waals surface area contributed by atoms with Gasteiger partial charge in [-0.1, -0.05) is 55.3 Å². The van der Waals surface area contributed by atoms with Crippen LogP contribution < -0.4 is 0 Å². The second kappa shape index (κ2) is 9.79. The molecule has 158 valence electrons. The Bertz CT molecular complexity index is 949. The van der Waals surface area contributed by atoms with Crippen molar-refractivity contribution in [2.45, 2.75) is 61.9 Å². The molecule has 2 aromatic heterocycles. The van der Waals surface area contributed by atoms with Crippen molar-refractivity contribution < 1.29 is 4.79 Å². The highest BCUT2D eigenvalue weighted by molar-refractivity contribution is 8.00. The van der Waals surface area contributed by atoms with Gasteiger partial charge in [0, 0.05) is 30.1 Å². The Labute approximate surface area is 186 Å². The van der Waals surface area contributed by atoms with Crippen molar-refractivity contribution in [1.82, 2.24) is 19.7 Å². The molecule has 0 radical (unpaired) electrons. The number of benzene rings is 1. The van der Waals surface area contributed by atoms with Crippen molar-refractivity contribution in [2.24, 2.45) is 0 Å². The van der Waals surface area contributed by atoms with E-state index in [0.29, 0.717) is 6.04 Å². The van der Waals surface area contributed by atoms with Crippen LogP contribution in [0, 0.1) is 0 Å². The van der Waals surface area contributed by atoms with Gasteiger partial charge in [-0.05, 0) is 43.3 Å². The summed E-state index contributed by atoms with van der Waals surface area (Å²) in [6, 6.07) is 14.7. The normalized spacial score (nSPS) is 15.8. The number of carbonyl (C=O) groups excluding carboxylic acids is 1. The molecule has 1 amide bonds. The predicted molar refractivity (Wildman–Crippen MR) is 123 cm³/mol. The molecule has 30 heavy (non-hydrogen) atoms. The number of nitrogens with zero attached hydrogens (tertiary/aromatic N) is 4. The van der Waals surface area contributed by atoms with E-state index in [2.05, 4.69) is 44.4 Å². The summed E-state index contributed by atoms with van der Waals surface area (Å²) in [6.07, 6.45) is 6.69. The number of amides is 1. The van der Waals surface area contributed by atoms with Gasteiger partial charge in [-0.3, -0.25) is 9.36 Å². The van der Waals surface area contributed by atoms with Crippen LogP contribution in [0.15, 0.2) is 53.0 Å². The number of para-hydroxylation sites is 1. The fraction of sp³-hybridized carbons (Fsp3) is 0.435. The van der Waals surface area contributed by atoms with Gasteiger partial charge >= 0.3 is 0 Å². The van der Waals surface area contributed by atoms with Crippen LogP contribution in [0.2, 0.25) is 0 Å². The third kappa shape index (κ3) is 4.78. The summed E-state index contributed by atoms with van der Waals surface area (Å²) < 4.78 is 2.09. The Kier molecular flexibility index (Phi) is 6.89. The molecular formula is C23H28N4OS2. The number of thioether (sulfide) groups is 1. The minimum absolute atomic E-state index is 0.175. The third-order valence-electron chi connectivity index (χ3n) is 5.73. The number of rotatable bonds is 7. The van der Waals surface area contributed by atoms with E-state index in [1.807, 2.05) is 37.1 Å². The molecule has 0 spiro atoms. The van der Waals surface area contributed by atoms with Crippen molar-refractivity contribution in [2.75, 3.05) is 7.05 Å². The van der Waals surface area contributed by atoms with Crippen molar-refractivity contribution in [3.8, 4) is 5.69 Å². The van der Waals surface area contributed by atoms with E-state index in [1.54, 1.807) is 11.3 Å². The van der Waals surface area contributed by atoms with Crippen molar-refractivity contribution >= 4 is 29.0 Å². The van der Waals surface area contributed by atoms with E-state index < -0.39 is 0 Å². The van der Waals surface area contributed by atoms with Gasteiger partial charge in [0.1, 0.15) is 5.82 Å². The third-order valence-corrected chi connectivity index (χ3v) is 7.63. The highest BCUT2D eigenvalue weighted by Gasteiger charge is 2.28. The van der Waals surface area contributed by atoms with Crippen LogP contribution >= 0.6 is 23.1 Å². The van der Waals surface area contributed by atoms with E-state index in [4.69, 9.17) is 0 Å². The summed E-state index contributed by atoms with van der Waals surface area (Å²) in [5.74, 6) is 1.07. The Morgan fingerprint density at radius 1 is 1.17 bits per heavy atom. The lowest BCUT2D eigenvalue weighted by molar-refractivity contribution is -0.131. The van der Waals surface area contributed by atoms with Crippen LogP contribution in [0.1, 0.15) is 49.7 Å². The Morgan fingerprint density at radius 3 is 2.63 bits per heavy atom. The molecule has 0 N–H and O–H groups in total. The molecule has 5 nitrogen and oxygen atoms in total. The summed E-state index contributed by atoms with van der Waals surface area (Å²) in [6.45, 7) is 1.98. The SMILES string of the molecule is CC(Sc1nnc(Cc2cccs2)n1-c1ccccc1)C(=O)N(C)C1CCCCC1. The number of aromatic nitrogens is 3. The van der Waals surface area contributed by atoms with Gasteiger partial charge in [0.25, 0.3) is 0 Å². The van der Waals surface area contributed by atoms with Gasteiger partial charge in [-0.15, -0.1) is 21.5 Å². The Hall–Kier alpha value is -2.12. The average Bonchev–Trinajstić information content (AvgIpc) is 3.44. The molecule has 1 aromatic carbocycles. The molecule has 0 bridgehead atoms. The van der Waals surface area contributed by atoms with Crippen molar-refractivity contribution in [1.29, 1.82) is 0 Å². The van der Waals surface area contributed by atoms with Crippen LogP contribution in [0.5, 0.6) is 0 Å². The first kappa shape index (κ1) is 21.1. The largest absolute Gasteiger partial charge is 0.342 e. The number of carbonyl (C=O) groups is 1. The van der Waals surface area contributed by atoms with Gasteiger partial charge in [-0.2, -0.15) is 0 Å². The summed E-state index contributed by atoms with van der Waals surface area (Å²) in [5.41, 5.74) is 1.02. The molecule has 2 heterocycles.